The minimum Gasteiger partial charge on any atom is -0.497 e. The van der Waals surface area contributed by atoms with Crippen LogP contribution in [0.3, 0.4) is 0 Å². The average molecular weight is 373 g/mol. The summed E-state index contributed by atoms with van der Waals surface area (Å²) >= 11 is 0. The average Bonchev–Trinajstić information content (AvgIpc) is 3.16. The number of likely N-dealkylation sites (N-methyl/N-ethyl adjacent to an activating group) is 1. The van der Waals surface area contributed by atoms with Crippen molar-refractivity contribution < 1.29 is 9.84 Å². The van der Waals surface area contributed by atoms with E-state index in [2.05, 4.69) is 24.1 Å². The first-order valence-corrected chi connectivity index (χ1v) is 9.84. The van der Waals surface area contributed by atoms with Gasteiger partial charge in [-0.05, 0) is 48.7 Å². The van der Waals surface area contributed by atoms with Gasteiger partial charge in [0.2, 0.25) is 0 Å². The van der Waals surface area contributed by atoms with Gasteiger partial charge in [0.15, 0.2) is 0 Å². The SMILES string of the molecule is COc1ccc([C@H]2CC[C@@H](C(O)(c3ccccc3)c3ccccc3)N2C)cc1. The van der Waals surface area contributed by atoms with Crippen molar-refractivity contribution in [3.8, 4) is 5.75 Å². The van der Waals surface area contributed by atoms with Crippen molar-refractivity contribution in [2.24, 2.45) is 0 Å². The molecule has 4 rings (SSSR count). The fourth-order valence-electron chi connectivity index (χ4n) is 4.61. The lowest BCUT2D eigenvalue weighted by atomic mass is 9.79. The van der Waals surface area contributed by atoms with E-state index in [1.807, 2.05) is 72.8 Å². The molecule has 0 amide bonds. The maximum atomic E-state index is 12.1. The van der Waals surface area contributed by atoms with Gasteiger partial charge in [0.25, 0.3) is 0 Å². The topological polar surface area (TPSA) is 32.7 Å². The number of benzene rings is 3. The summed E-state index contributed by atoms with van der Waals surface area (Å²) in [7, 11) is 3.82. The van der Waals surface area contributed by atoms with Crippen LogP contribution in [-0.4, -0.2) is 30.2 Å². The maximum absolute atomic E-state index is 12.1. The van der Waals surface area contributed by atoms with E-state index < -0.39 is 5.60 Å². The molecule has 144 valence electrons. The second-order valence-electron chi connectivity index (χ2n) is 7.55. The second-order valence-corrected chi connectivity index (χ2v) is 7.55. The van der Waals surface area contributed by atoms with Crippen molar-refractivity contribution in [2.45, 2.75) is 30.5 Å². The lowest BCUT2D eigenvalue weighted by Crippen LogP contribution is -2.47. The Labute approximate surface area is 167 Å². The monoisotopic (exact) mass is 373 g/mol. The number of aliphatic hydroxyl groups is 1. The van der Waals surface area contributed by atoms with Crippen LogP contribution in [0.15, 0.2) is 84.9 Å². The molecule has 1 N–H and O–H groups in total. The van der Waals surface area contributed by atoms with Gasteiger partial charge in [-0.25, -0.2) is 0 Å². The van der Waals surface area contributed by atoms with Crippen molar-refractivity contribution in [2.75, 3.05) is 14.2 Å². The molecule has 1 heterocycles. The van der Waals surface area contributed by atoms with Gasteiger partial charge in [0, 0.05) is 12.1 Å². The summed E-state index contributed by atoms with van der Waals surface area (Å²) in [5.74, 6) is 0.867. The van der Waals surface area contributed by atoms with Crippen LogP contribution in [0.1, 0.15) is 35.6 Å². The zero-order valence-corrected chi connectivity index (χ0v) is 16.5. The van der Waals surface area contributed by atoms with E-state index in [0.29, 0.717) is 0 Å². The van der Waals surface area contributed by atoms with Crippen LogP contribution in [0.25, 0.3) is 0 Å². The molecule has 0 radical (unpaired) electrons. The van der Waals surface area contributed by atoms with Crippen molar-refractivity contribution >= 4 is 0 Å². The highest BCUT2D eigenvalue weighted by atomic mass is 16.5. The fraction of sp³-hybridized carbons (Fsp3) is 0.280. The first-order valence-electron chi connectivity index (χ1n) is 9.84. The molecule has 1 aliphatic heterocycles. The third-order valence-corrected chi connectivity index (χ3v) is 6.11. The predicted octanol–water partition coefficient (Wildman–Crippen LogP) is 4.77. The van der Waals surface area contributed by atoms with Crippen LogP contribution < -0.4 is 4.74 Å². The summed E-state index contributed by atoms with van der Waals surface area (Å²) in [5, 5.41) is 12.1. The van der Waals surface area contributed by atoms with E-state index in [0.717, 1.165) is 29.7 Å². The Hall–Kier alpha value is -2.62. The highest BCUT2D eigenvalue weighted by Crippen LogP contribution is 2.45. The molecule has 28 heavy (non-hydrogen) atoms. The maximum Gasteiger partial charge on any atom is 0.130 e. The molecule has 3 nitrogen and oxygen atoms in total. The standard InChI is InChI=1S/C25H27NO2/c1-26-23(19-13-15-22(28-2)16-14-19)17-18-24(26)25(27,20-9-5-3-6-10-20)21-11-7-4-8-12-21/h3-16,23-24,27H,17-18H2,1-2H3/t23-,24+/m1/s1. The fourth-order valence-corrected chi connectivity index (χ4v) is 4.61. The largest absolute Gasteiger partial charge is 0.497 e. The first-order chi connectivity index (χ1) is 13.6. The first kappa shape index (κ1) is 18.7. The lowest BCUT2D eigenvalue weighted by molar-refractivity contribution is -0.00404. The smallest absolute Gasteiger partial charge is 0.130 e. The van der Waals surface area contributed by atoms with Crippen LogP contribution in [0.4, 0.5) is 0 Å². The van der Waals surface area contributed by atoms with E-state index >= 15 is 0 Å². The van der Waals surface area contributed by atoms with Gasteiger partial charge in [0.05, 0.1) is 7.11 Å². The molecule has 1 saturated heterocycles. The van der Waals surface area contributed by atoms with Gasteiger partial charge < -0.3 is 9.84 Å². The third kappa shape index (κ3) is 3.21. The summed E-state index contributed by atoms with van der Waals surface area (Å²) in [6.45, 7) is 0. The quantitative estimate of drug-likeness (QED) is 0.699. The van der Waals surface area contributed by atoms with Gasteiger partial charge in [-0.3, -0.25) is 4.90 Å². The van der Waals surface area contributed by atoms with E-state index in [1.165, 1.54) is 5.56 Å². The minimum atomic E-state index is -1.06. The normalized spacial score (nSPS) is 20.2. The Morgan fingerprint density at radius 2 is 1.36 bits per heavy atom. The number of hydrogen-bond donors (Lipinski definition) is 1. The Balaban J connectivity index is 1.71. The molecule has 3 aromatic carbocycles. The van der Waals surface area contributed by atoms with E-state index in [1.54, 1.807) is 7.11 Å². The molecule has 2 atom stereocenters. The number of methoxy groups -OCH3 is 1. The van der Waals surface area contributed by atoms with Crippen LogP contribution in [-0.2, 0) is 5.60 Å². The number of hydrogen-bond acceptors (Lipinski definition) is 3. The van der Waals surface area contributed by atoms with Crippen LogP contribution >= 0.6 is 0 Å². The number of rotatable bonds is 5. The van der Waals surface area contributed by atoms with Crippen LogP contribution in [0.2, 0.25) is 0 Å². The molecular weight excluding hydrogens is 346 g/mol. The molecule has 0 bridgehead atoms. The Morgan fingerprint density at radius 1 is 0.821 bits per heavy atom. The van der Waals surface area contributed by atoms with Crippen LogP contribution in [0.5, 0.6) is 5.75 Å². The highest BCUT2D eigenvalue weighted by Gasteiger charge is 2.47. The van der Waals surface area contributed by atoms with Crippen LogP contribution in [0, 0.1) is 0 Å². The van der Waals surface area contributed by atoms with Gasteiger partial charge in [0.1, 0.15) is 11.4 Å². The van der Waals surface area contributed by atoms with E-state index in [-0.39, 0.29) is 12.1 Å². The van der Waals surface area contributed by atoms with Gasteiger partial charge in [-0.1, -0.05) is 72.8 Å². The Morgan fingerprint density at radius 3 is 1.86 bits per heavy atom. The zero-order valence-electron chi connectivity index (χ0n) is 16.5. The molecule has 0 unspecified atom stereocenters. The summed E-state index contributed by atoms with van der Waals surface area (Å²) < 4.78 is 5.30. The Bertz CT molecular complexity index is 853. The zero-order chi connectivity index (χ0) is 19.6. The number of nitrogens with zero attached hydrogens (tertiary/aromatic N) is 1. The number of likely N-dealkylation sites (tertiary alicyclic amines) is 1. The molecule has 3 aromatic rings. The van der Waals surface area contributed by atoms with E-state index in [9.17, 15) is 5.11 Å². The molecule has 3 heteroatoms. The summed E-state index contributed by atoms with van der Waals surface area (Å²) in [6, 6.07) is 28.6. The Kier molecular flexibility index (Phi) is 5.21. The van der Waals surface area contributed by atoms with Gasteiger partial charge in [-0.2, -0.15) is 0 Å². The van der Waals surface area contributed by atoms with Crippen molar-refractivity contribution in [1.82, 2.24) is 4.90 Å². The molecule has 0 saturated carbocycles. The summed E-state index contributed by atoms with van der Waals surface area (Å²) in [4.78, 5) is 2.34. The molecule has 1 aliphatic rings. The van der Waals surface area contributed by atoms with Crippen molar-refractivity contribution in [3.63, 3.8) is 0 Å². The molecule has 0 spiro atoms. The molecule has 0 aromatic heterocycles. The number of ether oxygens (including phenoxy) is 1. The van der Waals surface area contributed by atoms with E-state index in [4.69, 9.17) is 4.74 Å². The minimum absolute atomic E-state index is 0.00981. The highest BCUT2D eigenvalue weighted by molar-refractivity contribution is 5.39. The predicted molar refractivity (Wildman–Crippen MR) is 112 cm³/mol. The third-order valence-electron chi connectivity index (χ3n) is 6.11. The van der Waals surface area contributed by atoms with Gasteiger partial charge >= 0.3 is 0 Å². The lowest BCUT2D eigenvalue weighted by Gasteiger charge is -2.40. The molecular formula is C25H27NO2. The summed E-state index contributed by atoms with van der Waals surface area (Å²) in [6.07, 6.45) is 1.93. The summed E-state index contributed by atoms with van der Waals surface area (Å²) in [5.41, 5.74) is 2.08. The van der Waals surface area contributed by atoms with Crippen molar-refractivity contribution in [1.29, 1.82) is 0 Å². The molecule has 1 fully saturated rings. The second kappa shape index (κ2) is 7.78. The van der Waals surface area contributed by atoms with Crippen molar-refractivity contribution in [3.05, 3.63) is 102 Å². The van der Waals surface area contributed by atoms with Gasteiger partial charge in [-0.15, -0.1) is 0 Å². The molecule has 0 aliphatic carbocycles.